The van der Waals surface area contributed by atoms with E-state index in [0.717, 1.165) is 0 Å². The van der Waals surface area contributed by atoms with Crippen LogP contribution in [0.3, 0.4) is 0 Å². The molecule has 0 aliphatic carbocycles. The van der Waals surface area contributed by atoms with Gasteiger partial charge in [-0.15, -0.1) is 0 Å². The number of rotatable bonds is 4. The molecule has 7 heteroatoms. The lowest BCUT2D eigenvalue weighted by molar-refractivity contribution is 0.0698. The van der Waals surface area contributed by atoms with Crippen molar-refractivity contribution in [3.63, 3.8) is 0 Å². The molecule has 1 aromatic carbocycles. The van der Waals surface area contributed by atoms with Crippen LogP contribution in [0.1, 0.15) is 10.4 Å². The maximum atomic E-state index is 11.8. The van der Waals surface area contributed by atoms with Gasteiger partial charge in [0, 0.05) is 11.4 Å². The van der Waals surface area contributed by atoms with Crippen LogP contribution in [-0.2, 0) is 0 Å². The molecular weight excluding hydrogens is 280 g/mol. The Hall–Kier alpha value is -2.54. The van der Waals surface area contributed by atoms with Crippen molar-refractivity contribution in [3.05, 3.63) is 40.6 Å². The molecule has 2 amide bonds. The molecule has 0 bridgehead atoms. The molecule has 1 aromatic heterocycles. The van der Waals surface area contributed by atoms with E-state index in [-0.39, 0.29) is 11.3 Å². The molecule has 0 saturated carbocycles. The molecular formula is C13H12N2O4S. The summed E-state index contributed by atoms with van der Waals surface area (Å²) < 4.78 is 5.01. The molecule has 0 aliphatic rings. The number of urea groups is 1. The number of aromatic carboxylic acids is 1. The zero-order chi connectivity index (χ0) is 14.5. The quantitative estimate of drug-likeness (QED) is 0.808. The highest BCUT2D eigenvalue weighted by Gasteiger charge is 2.13. The molecule has 2 aromatic rings. The highest BCUT2D eigenvalue weighted by atomic mass is 32.1. The Morgan fingerprint density at radius 1 is 1.25 bits per heavy atom. The Kier molecular flexibility index (Phi) is 4.21. The maximum absolute atomic E-state index is 11.8. The summed E-state index contributed by atoms with van der Waals surface area (Å²) in [7, 11) is 1.46. The van der Waals surface area contributed by atoms with Gasteiger partial charge in [0.15, 0.2) is 0 Å². The van der Waals surface area contributed by atoms with E-state index in [4.69, 9.17) is 9.84 Å². The van der Waals surface area contributed by atoms with Gasteiger partial charge in [-0.2, -0.15) is 11.3 Å². The maximum Gasteiger partial charge on any atom is 0.337 e. The minimum atomic E-state index is -1.13. The Morgan fingerprint density at radius 3 is 2.65 bits per heavy atom. The van der Waals surface area contributed by atoms with Gasteiger partial charge in [-0.05, 0) is 23.6 Å². The molecule has 0 aliphatic heterocycles. The number of carbonyl (C=O) groups is 2. The van der Waals surface area contributed by atoms with Crippen molar-refractivity contribution in [2.45, 2.75) is 0 Å². The molecule has 0 atom stereocenters. The second-order valence-corrected chi connectivity index (χ2v) is 4.59. The first-order valence-electron chi connectivity index (χ1n) is 5.61. The Bertz CT molecular complexity index is 625. The molecule has 0 radical (unpaired) electrons. The monoisotopic (exact) mass is 292 g/mol. The zero-order valence-electron chi connectivity index (χ0n) is 10.5. The van der Waals surface area contributed by atoms with Crippen LogP contribution in [0.25, 0.3) is 0 Å². The molecule has 0 unspecified atom stereocenters. The number of benzene rings is 1. The topological polar surface area (TPSA) is 87.7 Å². The molecule has 2 rings (SSSR count). The molecule has 20 heavy (non-hydrogen) atoms. The molecule has 0 spiro atoms. The van der Waals surface area contributed by atoms with Crippen LogP contribution in [0.5, 0.6) is 5.75 Å². The van der Waals surface area contributed by atoms with Gasteiger partial charge in [0.1, 0.15) is 5.75 Å². The largest absolute Gasteiger partial charge is 0.497 e. The summed E-state index contributed by atoms with van der Waals surface area (Å²) in [6.45, 7) is 0. The minimum absolute atomic E-state index is 0.00808. The average Bonchev–Trinajstić information content (AvgIpc) is 2.90. The lowest BCUT2D eigenvalue weighted by atomic mass is 10.1. The molecule has 6 nitrogen and oxygen atoms in total. The van der Waals surface area contributed by atoms with Gasteiger partial charge < -0.3 is 20.5 Å². The minimum Gasteiger partial charge on any atom is -0.497 e. The van der Waals surface area contributed by atoms with Crippen molar-refractivity contribution < 1.29 is 19.4 Å². The van der Waals surface area contributed by atoms with Gasteiger partial charge in [-0.25, -0.2) is 9.59 Å². The first-order chi connectivity index (χ1) is 9.60. The van der Waals surface area contributed by atoms with Crippen LogP contribution in [0, 0.1) is 0 Å². The van der Waals surface area contributed by atoms with E-state index in [0.29, 0.717) is 11.4 Å². The van der Waals surface area contributed by atoms with Crippen LogP contribution in [0.2, 0.25) is 0 Å². The standard InChI is InChI=1S/C13H12N2O4S/c1-19-9-2-3-10(12(16)17)11(6-9)15-13(18)14-8-4-5-20-7-8/h2-7H,1H3,(H,16,17)(H2,14,15,18). The van der Waals surface area contributed by atoms with Crippen molar-refractivity contribution in [1.82, 2.24) is 0 Å². The van der Waals surface area contributed by atoms with Crippen LogP contribution in [0.15, 0.2) is 35.0 Å². The van der Waals surface area contributed by atoms with E-state index in [9.17, 15) is 9.59 Å². The van der Waals surface area contributed by atoms with E-state index < -0.39 is 12.0 Å². The summed E-state index contributed by atoms with van der Waals surface area (Å²) >= 11 is 1.45. The number of carboxylic acid groups (broad SMARTS) is 1. The fraction of sp³-hybridized carbons (Fsp3) is 0.0769. The number of nitrogens with one attached hydrogen (secondary N) is 2. The predicted molar refractivity (Wildman–Crippen MR) is 76.9 cm³/mol. The summed E-state index contributed by atoms with van der Waals surface area (Å²) in [4.78, 5) is 22.9. The number of thiophene rings is 1. The van der Waals surface area contributed by atoms with Gasteiger partial charge >= 0.3 is 12.0 Å². The number of hydrogen-bond acceptors (Lipinski definition) is 4. The van der Waals surface area contributed by atoms with Gasteiger partial charge in [0.05, 0.1) is 24.0 Å². The summed E-state index contributed by atoms with van der Waals surface area (Å²) in [5.41, 5.74) is 0.808. The summed E-state index contributed by atoms with van der Waals surface area (Å²) in [5.74, 6) is -0.667. The first-order valence-corrected chi connectivity index (χ1v) is 6.56. The third-order valence-electron chi connectivity index (χ3n) is 2.48. The molecule has 104 valence electrons. The summed E-state index contributed by atoms with van der Waals surface area (Å²) in [6, 6.07) is 5.58. The summed E-state index contributed by atoms with van der Waals surface area (Å²) in [5, 5.41) is 17.8. The van der Waals surface area contributed by atoms with Crippen molar-refractivity contribution in [1.29, 1.82) is 0 Å². The average molecular weight is 292 g/mol. The molecule has 0 saturated heterocycles. The Morgan fingerprint density at radius 2 is 2.05 bits per heavy atom. The van der Waals surface area contributed by atoms with Crippen LogP contribution in [0.4, 0.5) is 16.2 Å². The highest BCUT2D eigenvalue weighted by Crippen LogP contribution is 2.23. The Balaban J connectivity index is 2.18. The molecule has 0 fully saturated rings. The van der Waals surface area contributed by atoms with Gasteiger partial charge in [-0.3, -0.25) is 0 Å². The first kappa shape index (κ1) is 13.9. The number of ether oxygens (including phenoxy) is 1. The smallest absolute Gasteiger partial charge is 0.337 e. The van der Waals surface area contributed by atoms with E-state index in [1.54, 1.807) is 11.4 Å². The number of carboxylic acids is 1. The van der Waals surface area contributed by atoms with Crippen molar-refractivity contribution >= 4 is 34.7 Å². The molecule has 3 N–H and O–H groups in total. The number of anilines is 2. The SMILES string of the molecule is COc1ccc(C(=O)O)c(NC(=O)Nc2ccsc2)c1. The second kappa shape index (κ2) is 6.07. The van der Waals surface area contributed by atoms with Crippen LogP contribution < -0.4 is 15.4 Å². The summed E-state index contributed by atoms with van der Waals surface area (Å²) in [6.07, 6.45) is 0. The normalized spacial score (nSPS) is 9.85. The third-order valence-corrected chi connectivity index (χ3v) is 3.17. The van der Waals surface area contributed by atoms with E-state index in [2.05, 4.69) is 10.6 Å². The van der Waals surface area contributed by atoms with Crippen molar-refractivity contribution in [3.8, 4) is 5.75 Å². The predicted octanol–water partition coefficient (Wildman–Crippen LogP) is 3.10. The number of amides is 2. The Labute approximate surface area is 119 Å². The lowest BCUT2D eigenvalue weighted by Gasteiger charge is -2.10. The highest BCUT2D eigenvalue weighted by molar-refractivity contribution is 7.08. The number of carbonyl (C=O) groups excluding carboxylic acids is 1. The van der Waals surface area contributed by atoms with Gasteiger partial charge in [0.2, 0.25) is 0 Å². The number of hydrogen-bond donors (Lipinski definition) is 3. The fourth-order valence-corrected chi connectivity index (χ4v) is 2.15. The number of methoxy groups -OCH3 is 1. The van der Waals surface area contributed by atoms with Crippen molar-refractivity contribution in [2.75, 3.05) is 17.7 Å². The zero-order valence-corrected chi connectivity index (χ0v) is 11.4. The van der Waals surface area contributed by atoms with Gasteiger partial charge in [0.25, 0.3) is 0 Å². The molecule has 1 heterocycles. The van der Waals surface area contributed by atoms with Crippen LogP contribution in [-0.4, -0.2) is 24.2 Å². The lowest BCUT2D eigenvalue weighted by Crippen LogP contribution is -2.20. The van der Waals surface area contributed by atoms with Crippen LogP contribution >= 0.6 is 11.3 Å². The van der Waals surface area contributed by atoms with Gasteiger partial charge in [-0.1, -0.05) is 0 Å². The van der Waals surface area contributed by atoms with E-state index in [1.807, 2.05) is 5.38 Å². The second-order valence-electron chi connectivity index (χ2n) is 3.81. The van der Waals surface area contributed by atoms with E-state index in [1.165, 1.54) is 36.6 Å². The van der Waals surface area contributed by atoms with Crippen molar-refractivity contribution in [2.24, 2.45) is 0 Å². The van der Waals surface area contributed by atoms with E-state index >= 15 is 0 Å². The third kappa shape index (κ3) is 3.27. The fourth-order valence-electron chi connectivity index (χ4n) is 1.56.